The molecule has 0 bridgehead atoms. The van der Waals surface area contributed by atoms with Gasteiger partial charge in [-0.15, -0.1) is 21.6 Å². The standard InChI is InChI=1S/C17H11FN4OS/c18-11-7-5-10(6-8-11)14-9-24-17(20-14)22-21-15-12-3-1-2-4-13(12)19-16(15)23/h1-9,19,23H. The lowest BCUT2D eigenvalue weighted by molar-refractivity contribution is 0.459. The maximum absolute atomic E-state index is 13.0. The SMILES string of the molecule is Oc1[nH]c2ccccc2c1N=Nc1nc(-c2ccc(F)cc2)cs1. The fourth-order valence-corrected chi connectivity index (χ4v) is 3.02. The number of benzene rings is 2. The number of fused-ring (bicyclic) bond motifs is 1. The summed E-state index contributed by atoms with van der Waals surface area (Å²) in [4.78, 5) is 7.21. The number of rotatable bonds is 3. The van der Waals surface area contributed by atoms with Gasteiger partial charge in [0.05, 0.1) is 11.2 Å². The molecule has 0 radical (unpaired) electrons. The number of hydrogen-bond acceptors (Lipinski definition) is 5. The molecule has 7 heteroatoms. The minimum Gasteiger partial charge on any atom is -0.493 e. The largest absolute Gasteiger partial charge is 0.493 e. The molecule has 2 heterocycles. The van der Waals surface area contributed by atoms with Crippen LogP contribution in [0.5, 0.6) is 5.88 Å². The van der Waals surface area contributed by atoms with E-state index in [1.807, 2.05) is 29.6 Å². The van der Waals surface area contributed by atoms with Crippen molar-refractivity contribution >= 4 is 33.1 Å². The highest BCUT2D eigenvalue weighted by molar-refractivity contribution is 7.13. The van der Waals surface area contributed by atoms with Crippen LogP contribution in [0.1, 0.15) is 0 Å². The Bertz CT molecular complexity index is 1040. The van der Waals surface area contributed by atoms with E-state index in [9.17, 15) is 9.50 Å². The highest BCUT2D eigenvalue weighted by atomic mass is 32.1. The molecule has 4 rings (SSSR count). The molecule has 2 aromatic heterocycles. The fourth-order valence-electron chi connectivity index (χ4n) is 2.37. The Morgan fingerprint density at radius 2 is 1.83 bits per heavy atom. The molecule has 0 saturated heterocycles. The third kappa shape index (κ3) is 2.65. The molecular weight excluding hydrogens is 327 g/mol. The predicted molar refractivity (Wildman–Crippen MR) is 91.6 cm³/mol. The Morgan fingerprint density at radius 3 is 2.67 bits per heavy atom. The molecule has 0 aliphatic rings. The number of para-hydroxylation sites is 1. The molecule has 0 unspecified atom stereocenters. The van der Waals surface area contributed by atoms with Crippen molar-refractivity contribution in [2.24, 2.45) is 10.2 Å². The average Bonchev–Trinajstić information content (AvgIpc) is 3.17. The van der Waals surface area contributed by atoms with Crippen LogP contribution in [0.4, 0.5) is 15.2 Å². The highest BCUT2D eigenvalue weighted by Gasteiger charge is 2.10. The average molecular weight is 338 g/mol. The molecular formula is C17H11FN4OS. The van der Waals surface area contributed by atoms with Crippen molar-refractivity contribution in [3.8, 4) is 17.1 Å². The summed E-state index contributed by atoms with van der Waals surface area (Å²) in [5, 5.41) is 21.3. The van der Waals surface area contributed by atoms with Gasteiger partial charge in [0, 0.05) is 16.3 Å². The van der Waals surface area contributed by atoms with Crippen LogP contribution in [-0.4, -0.2) is 15.1 Å². The van der Waals surface area contributed by atoms with E-state index in [0.29, 0.717) is 16.5 Å². The van der Waals surface area contributed by atoms with E-state index >= 15 is 0 Å². The Kier molecular flexibility index (Phi) is 3.55. The van der Waals surface area contributed by atoms with Crippen LogP contribution in [0.25, 0.3) is 22.2 Å². The third-order valence-corrected chi connectivity index (χ3v) is 4.25. The Hall–Kier alpha value is -3.06. The second-order valence-electron chi connectivity index (χ2n) is 5.09. The van der Waals surface area contributed by atoms with Crippen LogP contribution in [0.2, 0.25) is 0 Å². The van der Waals surface area contributed by atoms with E-state index in [2.05, 4.69) is 20.2 Å². The second-order valence-corrected chi connectivity index (χ2v) is 5.93. The molecule has 2 aromatic carbocycles. The van der Waals surface area contributed by atoms with Gasteiger partial charge in [-0.25, -0.2) is 9.37 Å². The quantitative estimate of drug-likeness (QED) is 0.480. The topological polar surface area (TPSA) is 73.6 Å². The second kappa shape index (κ2) is 5.86. The number of azo groups is 1. The number of aromatic hydroxyl groups is 1. The monoisotopic (exact) mass is 338 g/mol. The van der Waals surface area contributed by atoms with Gasteiger partial charge in [0.25, 0.3) is 0 Å². The third-order valence-electron chi connectivity index (χ3n) is 3.53. The van der Waals surface area contributed by atoms with Crippen LogP contribution in [0.15, 0.2) is 64.1 Å². The fraction of sp³-hybridized carbons (Fsp3) is 0. The highest BCUT2D eigenvalue weighted by Crippen LogP contribution is 2.36. The molecule has 0 fully saturated rings. The first kappa shape index (κ1) is 14.5. The van der Waals surface area contributed by atoms with Crippen molar-refractivity contribution < 1.29 is 9.50 Å². The summed E-state index contributed by atoms with van der Waals surface area (Å²) in [6.07, 6.45) is 0. The molecule has 0 amide bonds. The Morgan fingerprint density at radius 1 is 1.04 bits per heavy atom. The smallest absolute Gasteiger partial charge is 0.230 e. The van der Waals surface area contributed by atoms with Gasteiger partial charge in [0.15, 0.2) is 5.69 Å². The Balaban J connectivity index is 1.64. The number of nitrogens with one attached hydrogen (secondary N) is 1. The zero-order valence-electron chi connectivity index (χ0n) is 12.3. The zero-order valence-corrected chi connectivity index (χ0v) is 13.1. The molecule has 0 atom stereocenters. The summed E-state index contributed by atoms with van der Waals surface area (Å²) in [6.45, 7) is 0. The normalized spacial score (nSPS) is 11.5. The summed E-state index contributed by atoms with van der Waals surface area (Å²) in [5.41, 5.74) is 2.68. The van der Waals surface area contributed by atoms with Crippen LogP contribution in [-0.2, 0) is 0 Å². The predicted octanol–water partition coefficient (Wildman–Crippen LogP) is 5.55. The summed E-state index contributed by atoms with van der Waals surface area (Å²) in [7, 11) is 0. The minimum absolute atomic E-state index is 0.0322. The van der Waals surface area contributed by atoms with Gasteiger partial charge in [0.1, 0.15) is 5.82 Å². The van der Waals surface area contributed by atoms with Crippen molar-refractivity contribution in [2.45, 2.75) is 0 Å². The molecule has 5 nitrogen and oxygen atoms in total. The van der Waals surface area contributed by atoms with Gasteiger partial charge < -0.3 is 10.1 Å². The molecule has 0 saturated carbocycles. The van der Waals surface area contributed by atoms with Crippen molar-refractivity contribution in [3.63, 3.8) is 0 Å². The number of aromatic nitrogens is 2. The van der Waals surface area contributed by atoms with E-state index in [1.54, 1.807) is 12.1 Å². The summed E-state index contributed by atoms with van der Waals surface area (Å²) < 4.78 is 13.0. The first-order valence-corrected chi connectivity index (χ1v) is 8.01. The van der Waals surface area contributed by atoms with Gasteiger partial charge in [-0.1, -0.05) is 18.2 Å². The zero-order chi connectivity index (χ0) is 16.5. The van der Waals surface area contributed by atoms with E-state index in [1.165, 1.54) is 23.5 Å². The molecule has 0 aliphatic heterocycles. The minimum atomic E-state index is -0.288. The number of aromatic amines is 1. The van der Waals surface area contributed by atoms with Crippen LogP contribution >= 0.6 is 11.3 Å². The van der Waals surface area contributed by atoms with E-state index in [4.69, 9.17) is 0 Å². The van der Waals surface area contributed by atoms with Crippen LogP contribution in [0, 0.1) is 5.82 Å². The van der Waals surface area contributed by atoms with Crippen molar-refractivity contribution in [2.75, 3.05) is 0 Å². The molecule has 24 heavy (non-hydrogen) atoms. The first-order chi connectivity index (χ1) is 11.7. The number of nitrogens with zero attached hydrogens (tertiary/aromatic N) is 3. The molecule has 0 aliphatic carbocycles. The van der Waals surface area contributed by atoms with Gasteiger partial charge >= 0.3 is 0 Å². The van der Waals surface area contributed by atoms with Crippen molar-refractivity contribution in [1.82, 2.24) is 9.97 Å². The van der Waals surface area contributed by atoms with Gasteiger partial charge in [-0.05, 0) is 30.3 Å². The van der Waals surface area contributed by atoms with Gasteiger partial charge in [-0.3, -0.25) is 0 Å². The lowest BCUT2D eigenvalue weighted by atomic mass is 10.2. The maximum Gasteiger partial charge on any atom is 0.230 e. The molecule has 4 aromatic rings. The van der Waals surface area contributed by atoms with Crippen LogP contribution in [0.3, 0.4) is 0 Å². The number of halogens is 1. The van der Waals surface area contributed by atoms with Crippen molar-refractivity contribution in [3.05, 3.63) is 59.7 Å². The number of hydrogen-bond donors (Lipinski definition) is 2. The van der Waals surface area contributed by atoms with E-state index in [-0.39, 0.29) is 11.7 Å². The summed E-state index contributed by atoms with van der Waals surface area (Å²) >= 11 is 1.32. The number of H-pyrrole nitrogens is 1. The lowest BCUT2D eigenvalue weighted by Gasteiger charge is -1.94. The summed E-state index contributed by atoms with van der Waals surface area (Å²) in [6, 6.07) is 13.5. The summed E-state index contributed by atoms with van der Waals surface area (Å²) in [5.74, 6) is -0.320. The van der Waals surface area contributed by atoms with Gasteiger partial charge in [0.2, 0.25) is 11.0 Å². The van der Waals surface area contributed by atoms with Crippen molar-refractivity contribution in [1.29, 1.82) is 0 Å². The maximum atomic E-state index is 13.0. The molecule has 0 spiro atoms. The molecule has 118 valence electrons. The van der Waals surface area contributed by atoms with E-state index < -0.39 is 0 Å². The lowest BCUT2D eigenvalue weighted by Crippen LogP contribution is -1.77. The Labute approximate surface area is 140 Å². The number of thiazole rings is 1. The molecule has 2 N–H and O–H groups in total. The first-order valence-electron chi connectivity index (χ1n) is 7.13. The van der Waals surface area contributed by atoms with E-state index in [0.717, 1.165) is 16.5 Å². The van der Waals surface area contributed by atoms with Gasteiger partial charge in [-0.2, -0.15) is 0 Å². The van der Waals surface area contributed by atoms with Crippen LogP contribution < -0.4 is 0 Å².